The first-order valence-electron chi connectivity index (χ1n) is 4.72. The highest BCUT2D eigenvalue weighted by Crippen LogP contribution is 2.20. The highest BCUT2D eigenvalue weighted by atomic mass is 19.1. The van der Waals surface area contributed by atoms with Crippen molar-refractivity contribution >= 4 is 5.97 Å². The number of carboxylic acids is 1. The quantitative estimate of drug-likeness (QED) is 0.796. The molecule has 15 heavy (non-hydrogen) atoms. The lowest BCUT2D eigenvalue weighted by Gasteiger charge is -2.13. The molecule has 4 heteroatoms. The molecule has 82 valence electrons. The Labute approximate surface area is 87.7 Å². The number of nitrogens with two attached hydrogens (primary N) is 1. The molecule has 0 spiro atoms. The SMILES string of the molecule is Cc1cc(F)cc(C(CN)CC(=O)O)c1. The number of carboxylic acid groups (broad SMARTS) is 1. The smallest absolute Gasteiger partial charge is 0.304 e. The van der Waals surface area contributed by atoms with Gasteiger partial charge in [-0.05, 0) is 36.7 Å². The summed E-state index contributed by atoms with van der Waals surface area (Å²) in [5.41, 5.74) is 6.89. The molecule has 0 bridgehead atoms. The maximum absolute atomic E-state index is 13.1. The highest BCUT2D eigenvalue weighted by Gasteiger charge is 2.14. The predicted molar refractivity (Wildman–Crippen MR) is 55.2 cm³/mol. The summed E-state index contributed by atoms with van der Waals surface area (Å²) in [5.74, 6) is -1.60. The minimum absolute atomic E-state index is 0.0700. The summed E-state index contributed by atoms with van der Waals surface area (Å²) in [7, 11) is 0. The normalized spacial score (nSPS) is 12.5. The van der Waals surface area contributed by atoms with E-state index in [2.05, 4.69) is 0 Å². The molecule has 1 aromatic carbocycles. The Morgan fingerprint density at radius 1 is 1.53 bits per heavy atom. The number of aliphatic carboxylic acids is 1. The van der Waals surface area contributed by atoms with E-state index in [-0.39, 0.29) is 24.7 Å². The highest BCUT2D eigenvalue weighted by molar-refractivity contribution is 5.68. The minimum atomic E-state index is -0.924. The number of hydrogen-bond donors (Lipinski definition) is 2. The van der Waals surface area contributed by atoms with Gasteiger partial charge in [-0.15, -0.1) is 0 Å². The molecular formula is C11H14FNO2. The molecule has 0 aliphatic heterocycles. The lowest BCUT2D eigenvalue weighted by atomic mass is 9.94. The molecule has 0 saturated heterocycles. The van der Waals surface area contributed by atoms with Crippen LogP contribution in [0.2, 0.25) is 0 Å². The summed E-state index contributed by atoms with van der Waals surface area (Å²) in [6, 6.07) is 4.51. The molecule has 1 rings (SSSR count). The number of hydrogen-bond acceptors (Lipinski definition) is 2. The van der Waals surface area contributed by atoms with E-state index in [1.807, 2.05) is 0 Å². The zero-order chi connectivity index (χ0) is 11.4. The molecule has 0 radical (unpaired) electrons. The van der Waals surface area contributed by atoms with Crippen molar-refractivity contribution in [1.29, 1.82) is 0 Å². The Morgan fingerprint density at radius 2 is 2.20 bits per heavy atom. The molecule has 0 fully saturated rings. The first kappa shape index (κ1) is 11.7. The van der Waals surface area contributed by atoms with Crippen LogP contribution in [0, 0.1) is 12.7 Å². The molecule has 1 aromatic rings. The monoisotopic (exact) mass is 211 g/mol. The fourth-order valence-corrected chi connectivity index (χ4v) is 1.55. The summed E-state index contributed by atoms with van der Waals surface area (Å²) >= 11 is 0. The van der Waals surface area contributed by atoms with Crippen LogP contribution in [0.4, 0.5) is 4.39 Å². The van der Waals surface area contributed by atoms with Crippen LogP contribution in [-0.4, -0.2) is 17.6 Å². The van der Waals surface area contributed by atoms with E-state index in [0.29, 0.717) is 5.56 Å². The van der Waals surface area contributed by atoms with Crippen LogP contribution in [0.15, 0.2) is 18.2 Å². The average Bonchev–Trinajstić information content (AvgIpc) is 2.12. The van der Waals surface area contributed by atoms with Crippen molar-refractivity contribution in [2.45, 2.75) is 19.3 Å². The van der Waals surface area contributed by atoms with Gasteiger partial charge in [-0.3, -0.25) is 4.79 Å². The Kier molecular flexibility index (Phi) is 3.80. The molecule has 1 atom stereocenters. The van der Waals surface area contributed by atoms with Gasteiger partial charge in [-0.25, -0.2) is 4.39 Å². The first-order chi connectivity index (χ1) is 7.02. The third-order valence-electron chi connectivity index (χ3n) is 2.24. The second-order valence-electron chi connectivity index (χ2n) is 3.59. The van der Waals surface area contributed by atoms with Crippen molar-refractivity contribution in [3.63, 3.8) is 0 Å². The van der Waals surface area contributed by atoms with Crippen LogP contribution in [0.1, 0.15) is 23.5 Å². The lowest BCUT2D eigenvalue weighted by Crippen LogP contribution is -2.16. The molecule has 0 aliphatic rings. The van der Waals surface area contributed by atoms with E-state index < -0.39 is 5.97 Å². The van der Waals surface area contributed by atoms with E-state index in [4.69, 9.17) is 10.8 Å². The molecule has 0 saturated carbocycles. The van der Waals surface area contributed by atoms with Crippen molar-refractivity contribution in [3.05, 3.63) is 35.1 Å². The largest absolute Gasteiger partial charge is 0.481 e. The zero-order valence-corrected chi connectivity index (χ0v) is 8.53. The van der Waals surface area contributed by atoms with Gasteiger partial charge in [0, 0.05) is 5.92 Å². The summed E-state index contributed by atoms with van der Waals surface area (Å²) in [6.07, 6.45) is -0.0700. The first-order valence-corrected chi connectivity index (χ1v) is 4.72. The third-order valence-corrected chi connectivity index (χ3v) is 2.24. The Morgan fingerprint density at radius 3 is 2.67 bits per heavy atom. The van der Waals surface area contributed by atoms with Gasteiger partial charge in [0.15, 0.2) is 0 Å². The minimum Gasteiger partial charge on any atom is -0.481 e. The van der Waals surface area contributed by atoms with Gasteiger partial charge in [0.25, 0.3) is 0 Å². The van der Waals surface area contributed by atoms with Crippen LogP contribution < -0.4 is 5.73 Å². The molecule has 0 amide bonds. The van der Waals surface area contributed by atoms with Crippen molar-refractivity contribution in [1.82, 2.24) is 0 Å². The van der Waals surface area contributed by atoms with Crippen LogP contribution in [0.5, 0.6) is 0 Å². The predicted octanol–water partition coefficient (Wildman–Crippen LogP) is 1.65. The Hall–Kier alpha value is -1.42. The standard InChI is InChI=1S/C11H14FNO2/c1-7-2-8(4-10(12)3-7)9(6-13)5-11(14)15/h2-4,9H,5-6,13H2,1H3,(H,14,15). The van der Waals surface area contributed by atoms with E-state index in [0.717, 1.165) is 5.56 Å². The summed E-state index contributed by atoms with van der Waals surface area (Å²) < 4.78 is 13.1. The number of benzene rings is 1. The van der Waals surface area contributed by atoms with E-state index in [1.54, 1.807) is 13.0 Å². The molecule has 1 unspecified atom stereocenters. The maximum atomic E-state index is 13.1. The van der Waals surface area contributed by atoms with Crippen LogP contribution in [0.25, 0.3) is 0 Å². The van der Waals surface area contributed by atoms with Gasteiger partial charge in [0.05, 0.1) is 6.42 Å². The number of aryl methyl sites for hydroxylation is 1. The third kappa shape index (κ3) is 3.32. The van der Waals surface area contributed by atoms with Crippen LogP contribution in [-0.2, 0) is 4.79 Å². The van der Waals surface area contributed by atoms with Gasteiger partial charge < -0.3 is 10.8 Å². The van der Waals surface area contributed by atoms with Crippen LogP contribution >= 0.6 is 0 Å². The van der Waals surface area contributed by atoms with Crippen molar-refractivity contribution in [3.8, 4) is 0 Å². The van der Waals surface area contributed by atoms with Gasteiger partial charge in [-0.1, -0.05) is 6.07 Å². The summed E-state index contributed by atoms with van der Waals surface area (Å²) in [4.78, 5) is 10.6. The second kappa shape index (κ2) is 4.89. The van der Waals surface area contributed by atoms with Gasteiger partial charge >= 0.3 is 5.97 Å². The topological polar surface area (TPSA) is 63.3 Å². The average molecular weight is 211 g/mol. The van der Waals surface area contributed by atoms with E-state index in [9.17, 15) is 9.18 Å². The Bertz CT molecular complexity index is 345. The molecular weight excluding hydrogens is 197 g/mol. The zero-order valence-electron chi connectivity index (χ0n) is 8.53. The number of rotatable bonds is 4. The fraction of sp³-hybridized carbons (Fsp3) is 0.364. The summed E-state index contributed by atoms with van der Waals surface area (Å²) in [5, 5.41) is 8.67. The lowest BCUT2D eigenvalue weighted by molar-refractivity contribution is -0.137. The molecule has 0 aromatic heterocycles. The van der Waals surface area contributed by atoms with E-state index in [1.165, 1.54) is 12.1 Å². The van der Waals surface area contributed by atoms with Crippen LogP contribution in [0.3, 0.4) is 0 Å². The molecule has 3 nitrogen and oxygen atoms in total. The second-order valence-corrected chi connectivity index (χ2v) is 3.59. The molecule has 0 aliphatic carbocycles. The van der Waals surface area contributed by atoms with Crippen molar-refractivity contribution in [2.75, 3.05) is 6.54 Å². The molecule has 3 N–H and O–H groups in total. The van der Waals surface area contributed by atoms with Gasteiger partial charge in [0.1, 0.15) is 5.82 Å². The Balaban J connectivity index is 2.95. The summed E-state index contributed by atoms with van der Waals surface area (Å²) in [6.45, 7) is 1.97. The molecule has 0 heterocycles. The maximum Gasteiger partial charge on any atom is 0.304 e. The van der Waals surface area contributed by atoms with E-state index >= 15 is 0 Å². The van der Waals surface area contributed by atoms with Gasteiger partial charge in [0.2, 0.25) is 0 Å². The van der Waals surface area contributed by atoms with Crippen molar-refractivity contribution < 1.29 is 14.3 Å². The number of halogens is 1. The fourth-order valence-electron chi connectivity index (χ4n) is 1.55. The van der Waals surface area contributed by atoms with Crippen molar-refractivity contribution in [2.24, 2.45) is 5.73 Å². The number of carbonyl (C=O) groups is 1. The van der Waals surface area contributed by atoms with Gasteiger partial charge in [-0.2, -0.15) is 0 Å².